The minimum Gasteiger partial charge on any atom is -0.466 e. The maximum absolute atomic E-state index is 12.1. The molecule has 4 nitrogen and oxygen atoms in total. The molecule has 27 heavy (non-hydrogen) atoms. The monoisotopic (exact) mass is 386 g/mol. The van der Waals surface area contributed by atoms with E-state index >= 15 is 0 Å². The normalized spacial score (nSPS) is 10.4. The summed E-state index contributed by atoms with van der Waals surface area (Å²) in [5.41, 5.74) is 2.68. The van der Waals surface area contributed by atoms with E-state index in [1.165, 1.54) is 0 Å². The fraction of sp³-hybridized carbons (Fsp3) is 0.364. The largest absolute Gasteiger partial charge is 0.466 e. The van der Waals surface area contributed by atoms with Gasteiger partial charge in [-0.1, -0.05) is 31.2 Å². The van der Waals surface area contributed by atoms with E-state index in [1.807, 2.05) is 36.4 Å². The van der Waals surface area contributed by atoms with Crippen molar-refractivity contribution in [1.82, 2.24) is 0 Å². The van der Waals surface area contributed by atoms with Crippen LogP contribution in [-0.2, 0) is 14.3 Å². The Bertz CT molecular complexity index is 723. The van der Waals surface area contributed by atoms with Crippen molar-refractivity contribution in [3.63, 3.8) is 0 Å². The van der Waals surface area contributed by atoms with Gasteiger partial charge in [0.15, 0.2) is 0 Å². The molecule has 5 heteroatoms. The Balaban J connectivity index is 1.66. The van der Waals surface area contributed by atoms with Crippen molar-refractivity contribution in [1.29, 1.82) is 0 Å². The molecule has 0 aliphatic heterocycles. The van der Waals surface area contributed by atoms with Gasteiger partial charge in [-0.3, -0.25) is 4.79 Å². The maximum atomic E-state index is 12.1. The highest BCUT2D eigenvalue weighted by molar-refractivity contribution is 7.80. The van der Waals surface area contributed by atoms with Gasteiger partial charge in [0.2, 0.25) is 0 Å². The van der Waals surface area contributed by atoms with Crippen LogP contribution in [-0.4, -0.2) is 25.2 Å². The molecular formula is C22H26O4S. The summed E-state index contributed by atoms with van der Waals surface area (Å²) in [6.07, 6.45) is 3.96. The molecule has 0 spiro atoms. The van der Waals surface area contributed by atoms with Crippen LogP contribution in [0.25, 0.3) is 11.1 Å². The standard InChI is InChI=1S/C22H26O4S/c1-2-21(23)25-15-5-3-4-6-16-26-22(24)19-9-7-17(8-10-19)18-11-13-20(27)14-12-18/h7-14,27H,2-6,15-16H2,1H3. The number of unbranched alkanes of at least 4 members (excludes halogenated alkanes) is 3. The fourth-order valence-electron chi connectivity index (χ4n) is 2.55. The molecule has 0 aliphatic rings. The quantitative estimate of drug-likeness (QED) is 0.341. The Labute approximate surface area is 166 Å². The molecule has 0 atom stereocenters. The van der Waals surface area contributed by atoms with Gasteiger partial charge >= 0.3 is 11.9 Å². The summed E-state index contributed by atoms with van der Waals surface area (Å²) in [5.74, 6) is -0.460. The number of thiol groups is 1. The van der Waals surface area contributed by atoms with Gasteiger partial charge in [0, 0.05) is 11.3 Å². The van der Waals surface area contributed by atoms with E-state index in [9.17, 15) is 9.59 Å². The van der Waals surface area contributed by atoms with Crippen molar-refractivity contribution in [2.45, 2.75) is 43.9 Å². The zero-order valence-corrected chi connectivity index (χ0v) is 16.5. The van der Waals surface area contributed by atoms with Crippen LogP contribution in [0.1, 0.15) is 49.4 Å². The first-order valence-electron chi connectivity index (χ1n) is 9.32. The van der Waals surface area contributed by atoms with Crippen LogP contribution in [0.15, 0.2) is 53.4 Å². The molecule has 0 unspecified atom stereocenters. The van der Waals surface area contributed by atoms with E-state index in [0.717, 1.165) is 41.7 Å². The zero-order chi connectivity index (χ0) is 19.5. The smallest absolute Gasteiger partial charge is 0.338 e. The molecule has 2 aromatic rings. The lowest BCUT2D eigenvalue weighted by Crippen LogP contribution is -2.06. The van der Waals surface area contributed by atoms with Crippen molar-refractivity contribution in [3.8, 4) is 11.1 Å². The SMILES string of the molecule is CCC(=O)OCCCCCCOC(=O)c1ccc(-c2ccc(S)cc2)cc1. The Kier molecular flexibility index (Phi) is 8.92. The molecule has 0 bridgehead atoms. The minimum atomic E-state index is -0.302. The number of benzene rings is 2. The van der Waals surface area contributed by atoms with Gasteiger partial charge < -0.3 is 9.47 Å². The van der Waals surface area contributed by atoms with Gasteiger partial charge in [-0.05, 0) is 61.1 Å². The third-order valence-electron chi connectivity index (χ3n) is 4.14. The van der Waals surface area contributed by atoms with Crippen LogP contribution in [0.4, 0.5) is 0 Å². The topological polar surface area (TPSA) is 52.6 Å². The van der Waals surface area contributed by atoms with Gasteiger partial charge in [-0.2, -0.15) is 0 Å². The van der Waals surface area contributed by atoms with E-state index in [0.29, 0.717) is 25.2 Å². The summed E-state index contributed by atoms with van der Waals surface area (Å²) in [4.78, 5) is 24.0. The summed E-state index contributed by atoms with van der Waals surface area (Å²) in [6, 6.07) is 15.3. The Morgan fingerprint density at radius 1 is 0.778 bits per heavy atom. The molecule has 0 amide bonds. The summed E-state index contributed by atoms with van der Waals surface area (Å²) >= 11 is 4.28. The summed E-state index contributed by atoms with van der Waals surface area (Å²) in [5, 5.41) is 0. The number of ether oxygens (including phenoxy) is 2. The van der Waals surface area contributed by atoms with E-state index in [4.69, 9.17) is 9.47 Å². The molecule has 0 aliphatic carbocycles. The molecule has 0 N–H and O–H groups in total. The van der Waals surface area contributed by atoms with Gasteiger partial charge in [-0.25, -0.2) is 4.79 Å². The molecule has 0 aromatic heterocycles. The molecule has 0 heterocycles. The lowest BCUT2D eigenvalue weighted by molar-refractivity contribution is -0.143. The van der Waals surface area contributed by atoms with Crippen LogP contribution >= 0.6 is 12.6 Å². The van der Waals surface area contributed by atoms with Gasteiger partial charge in [0.25, 0.3) is 0 Å². The van der Waals surface area contributed by atoms with Crippen LogP contribution < -0.4 is 0 Å². The van der Waals surface area contributed by atoms with Crippen LogP contribution in [0.5, 0.6) is 0 Å². The summed E-state index contributed by atoms with van der Waals surface area (Å²) < 4.78 is 10.3. The van der Waals surface area contributed by atoms with Crippen molar-refractivity contribution >= 4 is 24.6 Å². The number of rotatable bonds is 10. The number of carbonyl (C=O) groups excluding carboxylic acids is 2. The molecule has 2 aromatic carbocycles. The Morgan fingerprint density at radius 2 is 1.30 bits per heavy atom. The van der Waals surface area contributed by atoms with Crippen LogP contribution in [0, 0.1) is 0 Å². The molecule has 2 rings (SSSR count). The second kappa shape index (κ2) is 11.4. The third kappa shape index (κ3) is 7.47. The Morgan fingerprint density at radius 3 is 1.85 bits per heavy atom. The minimum absolute atomic E-state index is 0.159. The highest BCUT2D eigenvalue weighted by Crippen LogP contribution is 2.21. The van der Waals surface area contributed by atoms with Gasteiger partial charge in [0.1, 0.15) is 0 Å². The molecule has 0 saturated heterocycles. The van der Waals surface area contributed by atoms with E-state index < -0.39 is 0 Å². The lowest BCUT2D eigenvalue weighted by atomic mass is 10.0. The number of hydrogen-bond acceptors (Lipinski definition) is 5. The predicted octanol–water partition coefficient (Wildman–Crippen LogP) is 5.31. The second-order valence-corrected chi connectivity index (χ2v) is 6.76. The molecule has 0 fully saturated rings. The average Bonchev–Trinajstić information content (AvgIpc) is 2.70. The highest BCUT2D eigenvalue weighted by Gasteiger charge is 2.07. The van der Waals surface area contributed by atoms with Crippen LogP contribution in [0.3, 0.4) is 0 Å². The van der Waals surface area contributed by atoms with E-state index in [-0.39, 0.29) is 11.9 Å². The van der Waals surface area contributed by atoms with Crippen molar-refractivity contribution in [3.05, 3.63) is 54.1 Å². The van der Waals surface area contributed by atoms with Crippen molar-refractivity contribution in [2.75, 3.05) is 13.2 Å². The molecular weight excluding hydrogens is 360 g/mol. The number of carbonyl (C=O) groups is 2. The van der Waals surface area contributed by atoms with Crippen molar-refractivity contribution in [2.24, 2.45) is 0 Å². The predicted molar refractivity (Wildman–Crippen MR) is 109 cm³/mol. The van der Waals surface area contributed by atoms with Crippen LogP contribution in [0.2, 0.25) is 0 Å². The van der Waals surface area contributed by atoms with Gasteiger partial charge in [-0.15, -0.1) is 12.6 Å². The zero-order valence-electron chi connectivity index (χ0n) is 15.6. The first-order chi connectivity index (χ1) is 13.1. The lowest BCUT2D eigenvalue weighted by Gasteiger charge is -2.07. The maximum Gasteiger partial charge on any atom is 0.338 e. The molecule has 0 saturated carbocycles. The number of hydrogen-bond donors (Lipinski definition) is 1. The number of esters is 2. The Hall–Kier alpha value is -2.27. The van der Waals surface area contributed by atoms with E-state index in [2.05, 4.69) is 12.6 Å². The second-order valence-electron chi connectivity index (χ2n) is 6.25. The fourth-order valence-corrected chi connectivity index (χ4v) is 2.70. The highest BCUT2D eigenvalue weighted by atomic mass is 32.1. The molecule has 0 radical (unpaired) electrons. The summed E-state index contributed by atoms with van der Waals surface area (Å²) in [7, 11) is 0. The molecule has 144 valence electrons. The third-order valence-corrected chi connectivity index (χ3v) is 4.44. The first-order valence-corrected chi connectivity index (χ1v) is 9.77. The summed E-state index contributed by atoms with van der Waals surface area (Å²) in [6.45, 7) is 2.65. The van der Waals surface area contributed by atoms with E-state index in [1.54, 1.807) is 19.1 Å². The first kappa shape index (κ1) is 21.0. The average molecular weight is 387 g/mol. The van der Waals surface area contributed by atoms with Crippen molar-refractivity contribution < 1.29 is 19.1 Å². The van der Waals surface area contributed by atoms with Gasteiger partial charge in [0.05, 0.1) is 18.8 Å².